The van der Waals surface area contributed by atoms with Gasteiger partial charge in [-0.2, -0.15) is 0 Å². The number of alkyl halides is 2. The van der Waals surface area contributed by atoms with Crippen molar-refractivity contribution in [2.24, 2.45) is 17.8 Å². The molecule has 0 aromatic heterocycles. The zero-order valence-corrected chi connectivity index (χ0v) is 24.5. The molecule has 4 aliphatic rings. The Kier molecular flexibility index (Phi) is 6.09. The molecule has 202 valence electrons. The maximum atomic E-state index is 13.9. The van der Waals surface area contributed by atoms with Crippen molar-refractivity contribution in [3.05, 3.63) is 63.2 Å². The molecule has 1 N–H and O–H groups in total. The molecule has 1 saturated carbocycles. The first kappa shape index (κ1) is 26.6. The predicted molar refractivity (Wildman–Crippen MR) is 152 cm³/mol. The molecule has 6 unspecified atom stereocenters. The molecule has 4 amide bonds. The van der Waals surface area contributed by atoms with E-state index in [-0.39, 0.29) is 36.0 Å². The van der Waals surface area contributed by atoms with E-state index in [0.717, 1.165) is 8.47 Å². The third-order valence-electron chi connectivity index (χ3n) is 8.65. The van der Waals surface area contributed by atoms with Gasteiger partial charge in [0, 0.05) is 28.2 Å². The lowest BCUT2D eigenvalue weighted by Crippen LogP contribution is -2.60. The van der Waals surface area contributed by atoms with Crippen molar-refractivity contribution in [1.29, 1.82) is 0 Å². The minimum atomic E-state index is -1.96. The normalized spacial score (nSPS) is 33.6. The molecule has 11 heteroatoms. The van der Waals surface area contributed by atoms with E-state index in [1.54, 1.807) is 24.3 Å². The Hall–Kier alpha value is -2.63. The van der Waals surface area contributed by atoms with Gasteiger partial charge in [0.1, 0.15) is 11.5 Å². The van der Waals surface area contributed by atoms with Crippen LogP contribution in [0.4, 0.5) is 5.69 Å². The van der Waals surface area contributed by atoms with Crippen molar-refractivity contribution in [3.8, 4) is 11.5 Å². The van der Waals surface area contributed by atoms with Crippen molar-refractivity contribution in [2.75, 3.05) is 19.1 Å². The van der Waals surface area contributed by atoms with Crippen LogP contribution < -0.4 is 9.64 Å². The largest absolute Gasteiger partial charge is 0.508 e. The topological polar surface area (TPSA) is 104 Å². The lowest BCUT2D eigenvalue weighted by atomic mass is 9.56. The van der Waals surface area contributed by atoms with E-state index in [1.165, 1.54) is 25.1 Å². The Morgan fingerprint density at radius 2 is 1.69 bits per heavy atom. The zero-order valence-electron chi connectivity index (χ0n) is 20.9. The van der Waals surface area contributed by atoms with Crippen molar-refractivity contribution in [1.82, 2.24) is 4.90 Å². The lowest BCUT2D eigenvalue weighted by Gasteiger charge is -2.50. The molecule has 3 fully saturated rings. The Morgan fingerprint density at radius 1 is 1.00 bits per heavy atom. The highest BCUT2D eigenvalue weighted by atomic mass is 127. The van der Waals surface area contributed by atoms with Crippen LogP contribution in [-0.2, 0) is 19.2 Å². The molecule has 6 rings (SSSR count). The van der Waals surface area contributed by atoms with Crippen LogP contribution in [-0.4, -0.2) is 57.5 Å². The Morgan fingerprint density at radius 3 is 2.33 bits per heavy atom. The number of imide groups is 2. The van der Waals surface area contributed by atoms with E-state index in [9.17, 15) is 24.3 Å². The van der Waals surface area contributed by atoms with Gasteiger partial charge >= 0.3 is 0 Å². The number of hydrogen-bond acceptors (Lipinski definition) is 6. The highest BCUT2D eigenvalue weighted by molar-refractivity contribution is 14.1. The Bertz CT molecular complexity index is 1500. The van der Waals surface area contributed by atoms with E-state index >= 15 is 0 Å². The number of rotatable bonds is 3. The predicted octanol–water partition coefficient (Wildman–Crippen LogP) is 4.20. The molecule has 0 bridgehead atoms. The molecule has 0 spiro atoms. The number of halogens is 3. The summed E-state index contributed by atoms with van der Waals surface area (Å²) in [4.78, 5) is 52.9. The molecular weight excluding hydrogens is 658 g/mol. The first-order valence-electron chi connectivity index (χ1n) is 12.4. The minimum Gasteiger partial charge on any atom is -0.508 e. The second-order valence-electron chi connectivity index (χ2n) is 10.4. The first-order valence-corrected chi connectivity index (χ1v) is 14.2. The van der Waals surface area contributed by atoms with Gasteiger partial charge in [0.05, 0.1) is 24.6 Å². The van der Waals surface area contributed by atoms with Crippen LogP contribution in [0.1, 0.15) is 24.3 Å². The highest BCUT2D eigenvalue weighted by Gasteiger charge is 2.76. The average molecular weight is 681 g/mol. The number of ether oxygens (including phenoxy) is 1. The molecule has 2 aliphatic carbocycles. The maximum absolute atomic E-state index is 13.9. The molecule has 6 atom stereocenters. The van der Waals surface area contributed by atoms with Gasteiger partial charge in [0.2, 0.25) is 11.8 Å². The molecule has 2 heterocycles. The van der Waals surface area contributed by atoms with Gasteiger partial charge in [-0.15, -0.1) is 23.2 Å². The number of methoxy groups -OCH3 is 1. The number of anilines is 1. The summed E-state index contributed by atoms with van der Waals surface area (Å²) >= 11 is 16.4. The summed E-state index contributed by atoms with van der Waals surface area (Å²) in [6.45, 7) is 0. The van der Waals surface area contributed by atoms with Crippen LogP contribution in [0, 0.1) is 21.3 Å². The molecule has 2 aromatic rings. The van der Waals surface area contributed by atoms with Gasteiger partial charge in [-0.05, 0) is 71.7 Å². The number of aromatic hydroxyl groups is 1. The summed E-state index contributed by atoms with van der Waals surface area (Å²) in [5, 5.41) is 11.0. The van der Waals surface area contributed by atoms with Crippen LogP contribution >= 0.6 is 45.8 Å². The fourth-order valence-electron chi connectivity index (χ4n) is 6.83. The maximum Gasteiger partial charge on any atom is 0.253 e. The molecule has 39 heavy (non-hydrogen) atoms. The van der Waals surface area contributed by atoms with Gasteiger partial charge in [-0.25, -0.2) is 0 Å². The number of phenolic OH excluding ortho intramolecular Hbond substituents is 1. The average Bonchev–Trinajstić information content (AvgIpc) is 3.24. The molecule has 8 nitrogen and oxygen atoms in total. The summed E-state index contributed by atoms with van der Waals surface area (Å²) < 4.78 is 6.18. The van der Waals surface area contributed by atoms with E-state index < -0.39 is 45.2 Å². The summed E-state index contributed by atoms with van der Waals surface area (Å²) in [7, 11) is 2.78. The van der Waals surface area contributed by atoms with Gasteiger partial charge in [0.25, 0.3) is 11.8 Å². The van der Waals surface area contributed by atoms with Crippen molar-refractivity contribution >= 4 is 75.1 Å². The summed E-state index contributed by atoms with van der Waals surface area (Å²) in [5.74, 6) is -4.99. The number of likely N-dealkylation sites (tertiary alicyclic amines) is 1. The third kappa shape index (κ3) is 3.42. The van der Waals surface area contributed by atoms with Crippen molar-refractivity contribution < 1.29 is 29.0 Å². The van der Waals surface area contributed by atoms with Crippen LogP contribution in [0.25, 0.3) is 0 Å². The number of allylic oxidation sites excluding steroid dienone is 2. The number of amides is 4. The molecule has 2 aliphatic heterocycles. The van der Waals surface area contributed by atoms with Gasteiger partial charge in [0.15, 0.2) is 9.75 Å². The first-order chi connectivity index (χ1) is 18.5. The quantitative estimate of drug-likeness (QED) is 0.226. The zero-order chi connectivity index (χ0) is 28.0. The van der Waals surface area contributed by atoms with E-state index in [2.05, 4.69) is 22.6 Å². The lowest BCUT2D eigenvalue weighted by molar-refractivity contribution is -0.138. The smallest absolute Gasteiger partial charge is 0.253 e. The Balaban J connectivity index is 1.52. The van der Waals surface area contributed by atoms with Crippen molar-refractivity contribution in [2.45, 2.75) is 28.5 Å². The summed E-state index contributed by atoms with van der Waals surface area (Å²) in [6.07, 6.45) is 1.97. The summed E-state index contributed by atoms with van der Waals surface area (Å²) in [6, 6.07) is 11.7. The molecule has 0 radical (unpaired) electrons. The molecule has 2 aromatic carbocycles. The summed E-state index contributed by atoms with van der Waals surface area (Å²) in [5.41, 5.74) is 1.37. The van der Waals surface area contributed by atoms with Gasteiger partial charge in [-0.3, -0.25) is 29.0 Å². The van der Waals surface area contributed by atoms with Crippen LogP contribution in [0.5, 0.6) is 11.5 Å². The minimum absolute atomic E-state index is 0.104. The van der Waals surface area contributed by atoms with E-state index in [1.807, 2.05) is 18.2 Å². The van der Waals surface area contributed by atoms with Crippen LogP contribution in [0.2, 0.25) is 0 Å². The van der Waals surface area contributed by atoms with Crippen molar-refractivity contribution in [3.63, 3.8) is 0 Å². The number of fused-ring (bicyclic) bond motifs is 4. The van der Waals surface area contributed by atoms with Crippen LogP contribution in [0.3, 0.4) is 0 Å². The second kappa shape index (κ2) is 8.94. The second-order valence-corrected chi connectivity index (χ2v) is 12.9. The number of benzene rings is 2. The highest BCUT2D eigenvalue weighted by Crippen LogP contribution is 2.66. The molecule has 2 saturated heterocycles. The van der Waals surface area contributed by atoms with Gasteiger partial charge < -0.3 is 9.84 Å². The number of hydrogen-bond donors (Lipinski definition) is 1. The fourth-order valence-corrected chi connectivity index (χ4v) is 8.20. The SMILES string of the molecule is COc1ccc(C2C3=CCC4C(=O)N(c5ccc(I)cc5)C(=O)C4C3CC3(Cl)C(=O)N(C)C(=O)C23Cl)c(O)c1. The fraction of sp³-hybridized carbons (Fsp3) is 0.357. The standard InChI is InChI=1S/C28H23Cl2IN2O6/c1-32-25(37)27(29)12-19-16(22(28(27,30)26(32)38)17-8-7-15(39-2)11-20(17)34)9-10-18-21(19)24(36)33(23(18)35)14-5-3-13(31)4-6-14/h3-9,11,18-19,21-22,34H,10,12H2,1-2H3. The van der Waals surface area contributed by atoms with Gasteiger partial charge in [-0.1, -0.05) is 17.7 Å². The Labute approximate surface area is 248 Å². The number of carbonyl (C=O) groups is 4. The monoisotopic (exact) mass is 680 g/mol. The number of nitrogens with zero attached hydrogens (tertiary/aromatic N) is 2. The van der Waals surface area contributed by atoms with E-state index in [0.29, 0.717) is 17.0 Å². The third-order valence-corrected chi connectivity index (χ3v) is 10.8. The van der Waals surface area contributed by atoms with E-state index in [4.69, 9.17) is 27.9 Å². The number of phenols is 1. The molecular formula is C28H23Cl2IN2O6. The number of carbonyl (C=O) groups excluding carboxylic acids is 4. The van der Waals surface area contributed by atoms with Crippen LogP contribution in [0.15, 0.2) is 54.1 Å².